The lowest BCUT2D eigenvalue weighted by molar-refractivity contribution is -0.136. The highest BCUT2D eigenvalue weighted by molar-refractivity contribution is 6.00. The maximum absolute atomic E-state index is 11.9. The summed E-state index contributed by atoms with van der Waals surface area (Å²) < 4.78 is 19.2. The average molecular weight is 469 g/mol. The van der Waals surface area contributed by atoms with Crippen molar-refractivity contribution < 1.29 is 28.9 Å². The van der Waals surface area contributed by atoms with E-state index in [0.29, 0.717) is 43.6 Å². The quantitative estimate of drug-likeness (QED) is 0.459. The molecule has 1 aromatic heterocycles. The first kappa shape index (κ1) is 23.5. The fourth-order valence-corrected chi connectivity index (χ4v) is 3.93. The number of aliphatic hydroxyl groups excluding tert-OH is 1. The number of hydrogen-bond donors (Lipinski definition) is 2. The smallest absolute Gasteiger partial charge is 0.252 e. The van der Waals surface area contributed by atoms with E-state index in [4.69, 9.17) is 25.1 Å². The first-order valence-corrected chi connectivity index (χ1v) is 11.1. The number of primary amides is 1. The van der Waals surface area contributed by atoms with Crippen molar-refractivity contribution in [2.75, 3.05) is 32.9 Å². The zero-order valence-corrected chi connectivity index (χ0v) is 19.0. The van der Waals surface area contributed by atoms with Crippen LogP contribution in [0.25, 0.3) is 10.9 Å². The van der Waals surface area contributed by atoms with Crippen molar-refractivity contribution in [3.63, 3.8) is 0 Å². The van der Waals surface area contributed by atoms with Crippen molar-refractivity contribution in [3.8, 4) is 17.2 Å². The van der Waals surface area contributed by atoms with E-state index < -0.39 is 12.5 Å². The first-order valence-electron chi connectivity index (χ1n) is 11.1. The molecule has 1 fully saturated rings. The molecule has 3 aromatic rings. The standard InChI is InChI=1S/C24H28N4O6/c1-27-21-13-22(20(24(25)31)12-16(21)14-26-27)34-19-4-2-17(3-5-19)32-10-11-33-18-6-8-28(9-7-18)23(30)15-29/h2-5,12-14,18,29H,6-11,15H2,1H3,(H2,25,31). The summed E-state index contributed by atoms with van der Waals surface area (Å²) in [5.74, 6) is 0.745. The summed E-state index contributed by atoms with van der Waals surface area (Å²) >= 11 is 0. The third-order valence-electron chi connectivity index (χ3n) is 5.80. The number of aliphatic hydroxyl groups is 1. The minimum absolute atomic E-state index is 0.0818. The number of aromatic nitrogens is 2. The number of amides is 2. The molecule has 0 aliphatic carbocycles. The SMILES string of the molecule is Cn1ncc2cc(C(N)=O)c(Oc3ccc(OCCOC4CCN(C(=O)CO)CC4)cc3)cc21. The number of nitrogens with two attached hydrogens (primary N) is 1. The van der Waals surface area contributed by atoms with Crippen molar-refractivity contribution in [2.45, 2.75) is 18.9 Å². The molecule has 0 unspecified atom stereocenters. The van der Waals surface area contributed by atoms with Gasteiger partial charge in [-0.25, -0.2) is 0 Å². The number of carbonyl (C=O) groups excluding carboxylic acids is 2. The van der Waals surface area contributed by atoms with Gasteiger partial charge in [0.1, 0.15) is 30.5 Å². The van der Waals surface area contributed by atoms with Crippen LogP contribution in [0.15, 0.2) is 42.6 Å². The van der Waals surface area contributed by atoms with Crippen LogP contribution in [0.1, 0.15) is 23.2 Å². The summed E-state index contributed by atoms with van der Waals surface area (Å²) in [6.45, 7) is 1.56. The molecule has 1 saturated heterocycles. The van der Waals surface area contributed by atoms with E-state index in [2.05, 4.69) is 5.10 Å². The Labute approximate surface area is 196 Å². The molecule has 4 rings (SSSR count). The Kier molecular flexibility index (Phi) is 7.29. The predicted molar refractivity (Wildman–Crippen MR) is 124 cm³/mol. The Morgan fingerprint density at radius 1 is 1.12 bits per heavy atom. The van der Waals surface area contributed by atoms with E-state index >= 15 is 0 Å². The molecule has 2 aromatic carbocycles. The largest absolute Gasteiger partial charge is 0.491 e. The molecule has 180 valence electrons. The topological polar surface area (TPSA) is 129 Å². The van der Waals surface area contributed by atoms with E-state index in [1.807, 2.05) is 7.05 Å². The van der Waals surface area contributed by atoms with Crippen LogP contribution in [0, 0.1) is 0 Å². The van der Waals surface area contributed by atoms with Gasteiger partial charge in [0, 0.05) is 31.6 Å². The summed E-state index contributed by atoms with van der Waals surface area (Å²) in [6, 6.07) is 10.5. The molecule has 0 radical (unpaired) electrons. The van der Waals surface area contributed by atoms with Crippen LogP contribution in [0.5, 0.6) is 17.2 Å². The Hall–Kier alpha value is -3.63. The number of carbonyl (C=O) groups is 2. The van der Waals surface area contributed by atoms with E-state index in [0.717, 1.165) is 23.7 Å². The second kappa shape index (κ2) is 10.5. The molecule has 34 heavy (non-hydrogen) atoms. The van der Waals surface area contributed by atoms with Gasteiger partial charge in [-0.3, -0.25) is 14.3 Å². The van der Waals surface area contributed by atoms with Gasteiger partial charge >= 0.3 is 0 Å². The number of benzene rings is 2. The van der Waals surface area contributed by atoms with Crippen molar-refractivity contribution in [3.05, 3.63) is 48.2 Å². The molecule has 10 nitrogen and oxygen atoms in total. The Morgan fingerprint density at radius 3 is 2.50 bits per heavy atom. The molecular weight excluding hydrogens is 440 g/mol. The van der Waals surface area contributed by atoms with Crippen molar-refractivity contribution in [2.24, 2.45) is 12.8 Å². The minimum atomic E-state index is -0.577. The van der Waals surface area contributed by atoms with E-state index in [-0.39, 0.29) is 17.6 Å². The molecule has 2 amide bonds. The lowest BCUT2D eigenvalue weighted by Gasteiger charge is -2.31. The lowest BCUT2D eigenvalue weighted by Crippen LogP contribution is -2.42. The zero-order chi connectivity index (χ0) is 24.1. The van der Waals surface area contributed by atoms with Gasteiger partial charge < -0.3 is 30.0 Å². The van der Waals surface area contributed by atoms with Crippen LogP contribution in [-0.2, 0) is 16.6 Å². The molecule has 10 heteroatoms. The number of likely N-dealkylation sites (tertiary alicyclic amines) is 1. The molecular formula is C24H28N4O6. The molecule has 0 atom stereocenters. The lowest BCUT2D eigenvalue weighted by atomic mass is 10.1. The van der Waals surface area contributed by atoms with Gasteiger partial charge in [-0.05, 0) is 43.2 Å². The molecule has 0 saturated carbocycles. The van der Waals surface area contributed by atoms with Gasteiger partial charge in [-0.2, -0.15) is 5.10 Å². The maximum atomic E-state index is 11.9. The third kappa shape index (κ3) is 5.46. The normalized spacial score (nSPS) is 14.4. The third-order valence-corrected chi connectivity index (χ3v) is 5.80. The Morgan fingerprint density at radius 2 is 1.82 bits per heavy atom. The number of ether oxygens (including phenoxy) is 3. The van der Waals surface area contributed by atoms with Crippen LogP contribution in [0.2, 0.25) is 0 Å². The van der Waals surface area contributed by atoms with Gasteiger partial charge in [0.15, 0.2) is 0 Å². The van der Waals surface area contributed by atoms with Gasteiger partial charge in [-0.15, -0.1) is 0 Å². The highest BCUT2D eigenvalue weighted by Crippen LogP contribution is 2.30. The van der Waals surface area contributed by atoms with Crippen LogP contribution in [-0.4, -0.2) is 70.6 Å². The highest BCUT2D eigenvalue weighted by atomic mass is 16.5. The van der Waals surface area contributed by atoms with E-state index in [9.17, 15) is 9.59 Å². The number of aryl methyl sites for hydroxylation is 1. The van der Waals surface area contributed by atoms with Gasteiger partial charge in [0.05, 0.1) is 30.0 Å². The summed E-state index contributed by atoms with van der Waals surface area (Å²) in [7, 11) is 1.81. The first-order chi connectivity index (χ1) is 16.4. The van der Waals surface area contributed by atoms with Crippen molar-refractivity contribution in [1.29, 1.82) is 0 Å². The Balaban J connectivity index is 1.27. The van der Waals surface area contributed by atoms with Crippen LogP contribution < -0.4 is 15.2 Å². The molecule has 0 spiro atoms. The van der Waals surface area contributed by atoms with Crippen LogP contribution in [0.4, 0.5) is 0 Å². The fourth-order valence-electron chi connectivity index (χ4n) is 3.93. The summed E-state index contributed by atoms with van der Waals surface area (Å²) in [5, 5.41) is 13.9. The number of rotatable bonds is 9. The molecule has 3 N–H and O–H groups in total. The number of hydrogen-bond acceptors (Lipinski definition) is 7. The molecule has 0 bridgehead atoms. The predicted octanol–water partition coefficient (Wildman–Crippen LogP) is 1.84. The van der Waals surface area contributed by atoms with Crippen LogP contribution in [0.3, 0.4) is 0 Å². The summed E-state index contributed by atoms with van der Waals surface area (Å²) in [5.41, 5.74) is 6.64. The fraction of sp³-hybridized carbons (Fsp3) is 0.375. The molecule has 1 aliphatic rings. The molecule has 1 aliphatic heterocycles. The van der Waals surface area contributed by atoms with Crippen LogP contribution >= 0.6 is 0 Å². The molecule has 2 heterocycles. The maximum Gasteiger partial charge on any atom is 0.252 e. The van der Waals surface area contributed by atoms with Crippen molar-refractivity contribution in [1.82, 2.24) is 14.7 Å². The average Bonchev–Trinajstić information content (AvgIpc) is 3.21. The second-order valence-electron chi connectivity index (χ2n) is 8.07. The second-order valence-corrected chi connectivity index (χ2v) is 8.07. The van der Waals surface area contributed by atoms with Crippen molar-refractivity contribution >= 4 is 22.7 Å². The van der Waals surface area contributed by atoms with Gasteiger partial charge in [0.25, 0.3) is 5.91 Å². The number of piperidine rings is 1. The number of nitrogens with zero attached hydrogens (tertiary/aromatic N) is 3. The minimum Gasteiger partial charge on any atom is -0.491 e. The van der Waals surface area contributed by atoms with E-state index in [1.165, 1.54) is 0 Å². The summed E-state index contributed by atoms with van der Waals surface area (Å²) in [4.78, 5) is 25.0. The highest BCUT2D eigenvalue weighted by Gasteiger charge is 2.22. The van der Waals surface area contributed by atoms with Gasteiger partial charge in [0.2, 0.25) is 5.91 Å². The Bertz CT molecular complexity index is 1150. The monoisotopic (exact) mass is 468 g/mol. The zero-order valence-electron chi connectivity index (χ0n) is 19.0. The summed E-state index contributed by atoms with van der Waals surface area (Å²) in [6.07, 6.45) is 3.24. The van der Waals surface area contributed by atoms with E-state index in [1.54, 1.807) is 52.2 Å². The number of fused-ring (bicyclic) bond motifs is 1. The van der Waals surface area contributed by atoms with Gasteiger partial charge in [-0.1, -0.05) is 0 Å².